The molecule has 18 heavy (non-hydrogen) atoms. The van der Waals surface area contributed by atoms with Crippen molar-refractivity contribution in [3.63, 3.8) is 0 Å². The van der Waals surface area contributed by atoms with Gasteiger partial charge in [-0.05, 0) is 63.2 Å². The third kappa shape index (κ3) is 1.28. The van der Waals surface area contributed by atoms with Gasteiger partial charge < -0.3 is 5.73 Å². The number of hydrogen-bond acceptors (Lipinski definition) is 2. The average Bonchev–Trinajstić information content (AvgIpc) is 2.51. The molecule has 4 aliphatic rings. The van der Waals surface area contributed by atoms with Crippen LogP contribution in [-0.4, -0.2) is 9.78 Å². The number of hydrogen-bond donors (Lipinski definition) is 1. The van der Waals surface area contributed by atoms with Crippen molar-refractivity contribution < 1.29 is 0 Å². The summed E-state index contributed by atoms with van der Waals surface area (Å²) >= 11 is 0. The van der Waals surface area contributed by atoms with E-state index >= 15 is 0 Å². The van der Waals surface area contributed by atoms with Crippen LogP contribution in [0.1, 0.15) is 49.8 Å². The Labute approximate surface area is 109 Å². The Morgan fingerprint density at radius 1 is 1.11 bits per heavy atom. The Bertz CT molecular complexity index is 465. The maximum atomic E-state index is 6.23. The predicted octanol–water partition coefficient (Wildman–Crippen LogP) is 2.78. The van der Waals surface area contributed by atoms with Crippen LogP contribution in [0.15, 0.2) is 0 Å². The van der Waals surface area contributed by atoms with Gasteiger partial charge in [0.25, 0.3) is 0 Å². The van der Waals surface area contributed by atoms with Gasteiger partial charge in [0.15, 0.2) is 0 Å². The van der Waals surface area contributed by atoms with Crippen LogP contribution in [0.5, 0.6) is 0 Å². The largest absolute Gasteiger partial charge is 0.382 e. The zero-order valence-electron chi connectivity index (χ0n) is 11.4. The molecular formula is C15H23N3. The number of nitrogen functional groups attached to an aromatic ring is 1. The molecule has 98 valence electrons. The van der Waals surface area contributed by atoms with Crippen molar-refractivity contribution in [3.8, 4) is 0 Å². The summed E-state index contributed by atoms with van der Waals surface area (Å²) in [5.41, 5.74) is 9.32. The van der Waals surface area contributed by atoms with E-state index in [-0.39, 0.29) is 0 Å². The molecule has 3 heteroatoms. The van der Waals surface area contributed by atoms with Crippen LogP contribution in [0.4, 0.5) is 5.82 Å². The van der Waals surface area contributed by atoms with Crippen LogP contribution in [0.3, 0.4) is 0 Å². The minimum atomic E-state index is 0.386. The first-order valence-corrected chi connectivity index (χ1v) is 7.37. The lowest BCUT2D eigenvalue weighted by Crippen LogP contribution is -2.49. The van der Waals surface area contributed by atoms with Crippen LogP contribution in [0.2, 0.25) is 0 Å². The summed E-state index contributed by atoms with van der Waals surface area (Å²) in [7, 11) is 2.02. The molecule has 0 aliphatic heterocycles. The first-order chi connectivity index (χ1) is 8.57. The third-order valence-electron chi connectivity index (χ3n) is 5.93. The van der Waals surface area contributed by atoms with Crippen molar-refractivity contribution in [1.82, 2.24) is 9.78 Å². The van der Waals surface area contributed by atoms with Gasteiger partial charge in [0.05, 0.1) is 0 Å². The van der Waals surface area contributed by atoms with Gasteiger partial charge >= 0.3 is 0 Å². The fourth-order valence-electron chi connectivity index (χ4n) is 5.71. The summed E-state index contributed by atoms with van der Waals surface area (Å²) in [6, 6.07) is 0. The number of nitrogens with zero attached hydrogens (tertiary/aromatic N) is 2. The molecule has 2 N–H and O–H groups in total. The highest BCUT2D eigenvalue weighted by atomic mass is 15.3. The summed E-state index contributed by atoms with van der Waals surface area (Å²) in [4.78, 5) is 0. The van der Waals surface area contributed by atoms with Crippen molar-refractivity contribution in [1.29, 1.82) is 0 Å². The van der Waals surface area contributed by atoms with Crippen molar-refractivity contribution in [2.45, 2.75) is 50.9 Å². The Hall–Kier alpha value is -0.990. The zero-order chi connectivity index (χ0) is 12.5. The maximum absolute atomic E-state index is 6.23. The van der Waals surface area contributed by atoms with Gasteiger partial charge in [0.1, 0.15) is 5.82 Å². The van der Waals surface area contributed by atoms with Crippen LogP contribution < -0.4 is 5.73 Å². The molecule has 0 radical (unpaired) electrons. The zero-order valence-corrected chi connectivity index (χ0v) is 11.4. The fourth-order valence-corrected chi connectivity index (χ4v) is 5.71. The van der Waals surface area contributed by atoms with Gasteiger partial charge in [0.2, 0.25) is 0 Å². The van der Waals surface area contributed by atoms with Gasteiger partial charge in [-0.2, -0.15) is 5.10 Å². The fraction of sp³-hybridized carbons (Fsp3) is 0.800. The summed E-state index contributed by atoms with van der Waals surface area (Å²) in [6.45, 7) is 2.19. The second kappa shape index (κ2) is 3.31. The highest BCUT2D eigenvalue weighted by molar-refractivity contribution is 5.49. The quantitative estimate of drug-likeness (QED) is 0.826. The first-order valence-electron chi connectivity index (χ1n) is 7.37. The lowest BCUT2D eigenvalue weighted by atomic mass is 9.48. The molecule has 0 atom stereocenters. The Balaban J connectivity index is 1.84. The first kappa shape index (κ1) is 10.9. The number of aromatic nitrogens is 2. The SMILES string of the molecule is Cc1c(C23CC4CC(CC(C4)C2)C3)c(N)nn1C. The average molecular weight is 245 g/mol. The highest BCUT2D eigenvalue weighted by Gasteiger charge is 2.53. The molecule has 0 aromatic carbocycles. The van der Waals surface area contributed by atoms with E-state index < -0.39 is 0 Å². The molecule has 0 unspecified atom stereocenters. The molecule has 4 fully saturated rings. The van der Waals surface area contributed by atoms with E-state index in [1.807, 2.05) is 11.7 Å². The molecule has 4 aliphatic carbocycles. The minimum Gasteiger partial charge on any atom is -0.382 e. The third-order valence-corrected chi connectivity index (χ3v) is 5.93. The van der Waals surface area contributed by atoms with Crippen LogP contribution in [0, 0.1) is 24.7 Å². The van der Waals surface area contributed by atoms with Gasteiger partial charge in [-0.25, -0.2) is 0 Å². The molecule has 5 rings (SSSR count). The molecule has 4 bridgehead atoms. The van der Waals surface area contributed by atoms with E-state index in [1.54, 1.807) is 0 Å². The molecular weight excluding hydrogens is 222 g/mol. The Morgan fingerprint density at radius 2 is 1.61 bits per heavy atom. The van der Waals surface area contributed by atoms with E-state index in [1.165, 1.54) is 49.8 Å². The predicted molar refractivity (Wildman–Crippen MR) is 72.2 cm³/mol. The van der Waals surface area contributed by atoms with Crippen molar-refractivity contribution >= 4 is 5.82 Å². The van der Waals surface area contributed by atoms with Crippen molar-refractivity contribution in [2.24, 2.45) is 24.8 Å². The van der Waals surface area contributed by atoms with Gasteiger partial charge in [0, 0.05) is 23.7 Å². The Kier molecular flexibility index (Phi) is 2.00. The topological polar surface area (TPSA) is 43.8 Å². The summed E-state index contributed by atoms with van der Waals surface area (Å²) in [6.07, 6.45) is 8.57. The molecule has 1 heterocycles. The summed E-state index contributed by atoms with van der Waals surface area (Å²) in [5.74, 6) is 3.71. The van der Waals surface area contributed by atoms with Gasteiger partial charge in [-0.15, -0.1) is 0 Å². The summed E-state index contributed by atoms with van der Waals surface area (Å²) < 4.78 is 1.98. The van der Waals surface area contributed by atoms with Crippen LogP contribution in [-0.2, 0) is 12.5 Å². The van der Waals surface area contributed by atoms with Crippen LogP contribution in [0.25, 0.3) is 0 Å². The van der Waals surface area contributed by atoms with E-state index in [2.05, 4.69) is 12.0 Å². The number of nitrogens with two attached hydrogens (primary N) is 1. The van der Waals surface area contributed by atoms with E-state index in [0.29, 0.717) is 5.41 Å². The number of anilines is 1. The Morgan fingerprint density at radius 3 is 2.00 bits per heavy atom. The second-order valence-corrected chi connectivity index (χ2v) is 7.17. The lowest BCUT2D eigenvalue weighted by Gasteiger charge is -2.57. The second-order valence-electron chi connectivity index (χ2n) is 7.17. The summed E-state index contributed by atoms with van der Waals surface area (Å²) in [5, 5.41) is 4.46. The van der Waals surface area contributed by atoms with Crippen LogP contribution >= 0.6 is 0 Å². The molecule has 4 saturated carbocycles. The van der Waals surface area contributed by atoms with E-state index in [0.717, 1.165) is 23.6 Å². The van der Waals surface area contributed by atoms with Crippen molar-refractivity contribution in [3.05, 3.63) is 11.3 Å². The molecule has 1 aromatic heterocycles. The maximum Gasteiger partial charge on any atom is 0.149 e. The molecule has 0 spiro atoms. The smallest absolute Gasteiger partial charge is 0.149 e. The minimum absolute atomic E-state index is 0.386. The molecule has 0 amide bonds. The molecule has 0 saturated heterocycles. The number of aryl methyl sites for hydroxylation is 1. The molecule has 3 nitrogen and oxygen atoms in total. The highest BCUT2D eigenvalue weighted by Crippen LogP contribution is 2.61. The van der Waals surface area contributed by atoms with Crippen molar-refractivity contribution in [2.75, 3.05) is 5.73 Å². The van der Waals surface area contributed by atoms with Gasteiger partial charge in [-0.1, -0.05) is 0 Å². The monoisotopic (exact) mass is 245 g/mol. The van der Waals surface area contributed by atoms with E-state index in [4.69, 9.17) is 5.73 Å². The standard InChI is InChI=1S/C15H23N3/c1-9-13(14(16)17-18(9)2)15-6-10-3-11(7-15)5-12(4-10)8-15/h10-12H,3-8H2,1-2H3,(H2,16,17). The van der Waals surface area contributed by atoms with E-state index in [9.17, 15) is 0 Å². The molecule has 1 aromatic rings. The number of rotatable bonds is 1. The van der Waals surface area contributed by atoms with Gasteiger partial charge in [-0.3, -0.25) is 4.68 Å². The normalized spacial score (nSPS) is 41.6. The lowest BCUT2D eigenvalue weighted by molar-refractivity contribution is -0.00516.